The van der Waals surface area contributed by atoms with Crippen LogP contribution < -0.4 is 4.74 Å². The van der Waals surface area contributed by atoms with Gasteiger partial charge in [-0.15, -0.1) is 0 Å². The predicted molar refractivity (Wildman–Crippen MR) is 142 cm³/mol. The Bertz CT molecular complexity index is 1120. The van der Waals surface area contributed by atoms with Crippen LogP contribution in [-0.2, 0) is 9.53 Å². The molecular formula is C31H40N2O3. The van der Waals surface area contributed by atoms with Gasteiger partial charge >= 0.3 is 5.97 Å². The van der Waals surface area contributed by atoms with Crippen molar-refractivity contribution in [1.82, 2.24) is 4.90 Å². The first-order valence-electron chi connectivity index (χ1n) is 14.0. The largest absolute Gasteiger partial charge is 0.489 e. The van der Waals surface area contributed by atoms with Crippen LogP contribution in [0.4, 0.5) is 0 Å². The number of hydrogen-bond acceptors (Lipinski definition) is 5. The zero-order valence-electron chi connectivity index (χ0n) is 22.0. The summed E-state index contributed by atoms with van der Waals surface area (Å²) in [6.45, 7) is 4.56. The number of ether oxygens (including phenoxy) is 2. The number of benzene rings is 2. The van der Waals surface area contributed by atoms with Crippen molar-refractivity contribution in [3.63, 3.8) is 0 Å². The van der Waals surface area contributed by atoms with E-state index in [1.807, 2.05) is 6.07 Å². The van der Waals surface area contributed by atoms with Gasteiger partial charge < -0.3 is 9.47 Å². The van der Waals surface area contributed by atoms with Gasteiger partial charge in [-0.3, -0.25) is 9.69 Å². The minimum Gasteiger partial charge on any atom is -0.489 e. The van der Waals surface area contributed by atoms with E-state index < -0.39 is 0 Å². The highest BCUT2D eigenvalue weighted by atomic mass is 16.5. The van der Waals surface area contributed by atoms with Gasteiger partial charge in [-0.05, 0) is 87.3 Å². The van der Waals surface area contributed by atoms with E-state index in [1.54, 1.807) is 0 Å². The van der Waals surface area contributed by atoms with Gasteiger partial charge in [-0.25, -0.2) is 0 Å². The van der Waals surface area contributed by atoms with Crippen LogP contribution in [0, 0.1) is 23.2 Å². The lowest BCUT2D eigenvalue weighted by Gasteiger charge is -2.51. The standard InChI is InChI=1S/C31H40N2O3/c1-4-21-8-13-27(14-9-21)36-30-15-12-22-10-11-23(18-28(22)29(30)19-32)20(2)33-25-6-5-7-26(33)17-24(16-25)31(34)35-3/h10-12,15,18,20-21,24-27H,4-9,13-14,16-17H2,1-3H3. The highest BCUT2D eigenvalue weighted by molar-refractivity contribution is 5.90. The van der Waals surface area contributed by atoms with E-state index in [9.17, 15) is 10.1 Å². The second-order valence-electron chi connectivity index (χ2n) is 11.3. The van der Waals surface area contributed by atoms with Crippen LogP contribution in [0.3, 0.4) is 0 Å². The monoisotopic (exact) mass is 488 g/mol. The Kier molecular flexibility index (Phi) is 7.53. The van der Waals surface area contributed by atoms with Gasteiger partial charge in [0.15, 0.2) is 0 Å². The number of piperidine rings is 2. The molecule has 1 aliphatic carbocycles. The van der Waals surface area contributed by atoms with Gasteiger partial charge in [0, 0.05) is 23.5 Å². The normalized spacial score (nSPS) is 29.3. The fourth-order valence-corrected chi connectivity index (χ4v) is 7.21. The number of rotatable bonds is 6. The Morgan fingerprint density at radius 3 is 2.42 bits per heavy atom. The van der Waals surface area contributed by atoms with Crippen LogP contribution >= 0.6 is 0 Å². The Hall–Kier alpha value is -2.58. The third-order valence-electron chi connectivity index (χ3n) is 9.28. The summed E-state index contributed by atoms with van der Waals surface area (Å²) in [4.78, 5) is 14.9. The highest BCUT2D eigenvalue weighted by Gasteiger charge is 2.43. The second kappa shape index (κ2) is 10.8. The first kappa shape index (κ1) is 25.1. The third kappa shape index (κ3) is 4.85. The van der Waals surface area contributed by atoms with Crippen LogP contribution in [-0.4, -0.2) is 36.2 Å². The Morgan fingerprint density at radius 2 is 1.78 bits per heavy atom. The fraction of sp³-hybridized carbons (Fsp3) is 0.613. The molecular weight excluding hydrogens is 448 g/mol. The average molecular weight is 489 g/mol. The van der Waals surface area contributed by atoms with Crippen LogP contribution in [0.1, 0.15) is 95.2 Å². The van der Waals surface area contributed by atoms with E-state index in [4.69, 9.17) is 9.47 Å². The Labute approximate surface area is 215 Å². The number of carbonyl (C=O) groups excluding carboxylic acids is 1. The summed E-state index contributed by atoms with van der Waals surface area (Å²) in [5.74, 6) is 1.51. The van der Waals surface area contributed by atoms with Gasteiger partial charge in [0.25, 0.3) is 0 Å². The van der Waals surface area contributed by atoms with Gasteiger partial charge in [-0.2, -0.15) is 5.26 Å². The van der Waals surface area contributed by atoms with E-state index in [1.165, 1.54) is 38.4 Å². The molecule has 0 radical (unpaired) electrons. The SMILES string of the molecule is CCC1CCC(Oc2ccc3ccc(C(C)N4C5CCCC4CC(C(=O)OC)C5)cc3c2C#N)CC1. The van der Waals surface area contributed by atoms with Gasteiger partial charge in [0.2, 0.25) is 0 Å². The van der Waals surface area contributed by atoms with Crippen molar-refractivity contribution in [2.24, 2.45) is 11.8 Å². The number of esters is 1. The minimum absolute atomic E-state index is 0.0163. The third-order valence-corrected chi connectivity index (χ3v) is 9.28. The number of carbonyl (C=O) groups is 1. The number of fused-ring (bicyclic) bond motifs is 3. The topological polar surface area (TPSA) is 62.6 Å². The van der Waals surface area contributed by atoms with Crippen LogP contribution in [0.25, 0.3) is 10.8 Å². The summed E-state index contributed by atoms with van der Waals surface area (Å²) in [5.41, 5.74) is 1.89. The fourth-order valence-electron chi connectivity index (χ4n) is 7.21. The molecule has 5 rings (SSSR count). The zero-order valence-corrected chi connectivity index (χ0v) is 22.0. The quantitative estimate of drug-likeness (QED) is 0.413. The molecule has 3 unspecified atom stereocenters. The maximum absolute atomic E-state index is 12.3. The minimum atomic E-state index is -0.0562. The predicted octanol–water partition coefficient (Wildman–Crippen LogP) is 6.93. The number of nitriles is 1. The first-order chi connectivity index (χ1) is 17.5. The molecule has 36 heavy (non-hydrogen) atoms. The number of methoxy groups -OCH3 is 1. The summed E-state index contributed by atoms with van der Waals surface area (Å²) >= 11 is 0. The molecule has 5 nitrogen and oxygen atoms in total. The van der Waals surface area contributed by atoms with Crippen molar-refractivity contribution in [3.05, 3.63) is 41.5 Å². The molecule has 0 spiro atoms. The Balaban J connectivity index is 1.39. The summed E-state index contributed by atoms with van der Waals surface area (Å²) < 4.78 is 11.5. The lowest BCUT2D eigenvalue weighted by Crippen LogP contribution is -2.54. The molecule has 1 saturated carbocycles. The maximum Gasteiger partial charge on any atom is 0.308 e. The lowest BCUT2D eigenvalue weighted by atomic mass is 9.77. The zero-order chi connectivity index (χ0) is 25.2. The second-order valence-corrected chi connectivity index (χ2v) is 11.3. The molecule has 3 fully saturated rings. The van der Waals surface area contributed by atoms with Crippen LogP contribution in [0.15, 0.2) is 30.3 Å². The van der Waals surface area contributed by atoms with Crippen molar-refractivity contribution in [2.75, 3.05) is 7.11 Å². The molecule has 2 saturated heterocycles. The molecule has 5 heteroatoms. The summed E-state index contributed by atoms with van der Waals surface area (Å²) in [7, 11) is 1.50. The first-order valence-corrected chi connectivity index (χ1v) is 14.0. The van der Waals surface area contributed by atoms with Crippen LogP contribution in [0.2, 0.25) is 0 Å². The molecule has 0 aromatic heterocycles. The molecule has 2 heterocycles. The van der Waals surface area contributed by atoms with E-state index in [-0.39, 0.29) is 24.0 Å². The molecule has 2 aliphatic heterocycles. The van der Waals surface area contributed by atoms with Gasteiger partial charge in [0.05, 0.1) is 19.1 Å². The van der Waals surface area contributed by atoms with Gasteiger partial charge in [0.1, 0.15) is 17.4 Å². The Morgan fingerprint density at radius 1 is 1.08 bits per heavy atom. The molecule has 0 N–H and O–H groups in total. The van der Waals surface area contributed by atoms with E-state index in [0.717, 1.165) is 61.0 Å². The molecule has 0 amide bonds. The summed E-state index contributed by atoms with van der Waals surface area (Å²) in [5, 5.41) is 12.2. The van der Waals surface area contributed by atoms with Crippen molar-refractivity contribution < 1.29 is 14.3 Å². The van der Waals surface area contributed by atoms with Crippen molar-refractivity contribution in [1.29, 1.82) is 5.26 Å². The van der Waals surface area contributed by atoms with Crippen molar-refractivity contribution >= 4 is 16.7 Å². The molecule has 3 aliphatic rings. The summed E-state index contributed by atoms with van der Waals surface area (Å²) in [6.07, 6.45) is 11.3. The molecule has 3 atom stereocenters. The van der Waals surface area contributed by atoms with E-state index >= 15 is 0 Å². The highest BCUT2D eigenvalue weighted by Crippen LogP contribution is 2.43. The average Bonchev–Trinajstić information content (AvgIpc) is 2.91. The van der Waals surface area contributed by atoms with Gasteiger partial charge in [-0.1, -0.05) is 38.0 Å². The van der Waals surface area contributed by atoms with Crippen LogP contribution in [0.5, 0.6) is 5.75 Å². The number of hydrogen-bond donors (Lipinski definition) is 0. The molecule has 2 bridgehead atoms. The van der Waals surface area contributed by atoms with Crippen molar-refractivity contribution in [3.8, 4) is 11.8 Å². The lowest BCUT2D eigenvalue weighted by molar-refractivity contribution is -0.150. The van der Waals surface area contributed by atoms with E-state index in [0.29, 0.717) is 17.6 Å². The van der Waals surface area contributed by atoms with Crippen molar-refractivity contribution in [2.45, 2.75) is 102 Å². The maximum atomic E-state index is 12.3. The smallest absolute Gasteiger partial charge is 0.308 e. The molecule has 2 aromatic carbocycles. The summed E-state index contributed by atoms with van der Waals surface area (Å²) in [6, 6.07) is 14.1. The van der Waals surface area contributed by atoms with E-state index in [2.05, 4.69) is 49.1 Å². The molecule has 192 valence electrons. The number of nitrogens with zero attached hydrogens (tertiary/aromatic N) is 2. The molecule has 2 aromatic rings.